The summed E-state index contributed by atoms with van der Waals surface area (Å²) in [5.41, 5.74) is 0.944. The SMILES string of the molecule is CC(C)CC1CN(C(=O)O)CCc2c1ccc(O)c2[N+](=O)[O-]. The molecule has 0 spiro atoms. The van der Waals surface area contributed by atoms with Gasteiger partial charge >= 0.3 is 11.8 Å². The Labute approximate surface area is 128 Å². The third kappa shape index (κ3) is 3.13. The molecule has 0 aromatic heterocycles. The molecule has 7 heteroatoms. The Hall–Kier alpha value is -2.31. The zero-order valence-corrected chi connectivity index (χ0v) is 12.7. The summed E-state index contributed by atoms with van der Waals surface area (Å²) < 4.78 is 0. The van der Waals surface area contributed by atoms with Crippen LogP contribution in [0.15, 0.2) is 12.1 Å². The molecule has 0 fully saturated rings. The number of fused-ring (bicyclic) bond motifs is 1. The molecule has 1 amide bonds. The first-order valence-electron chi connectivity index (χ1n) is 7.28. The largest absolute Gasteiger partial charge is 0.502 e. The van der Waals surface area contributed by atoms with E-state index >= 15 is 0 Å². The zero-order valence-electron chi connectivity index (χ0n) is 12.7. The van der Waals surface area contributed by atoms with Crippen LogP contribution >= 0.6 is 0 Å². The number of nitro benzene ring substituents is 1. The molecule has 1 aromatic rings. The number of phenols is 1. The van der Waals surface area contributed by atoms with Gasteiger partial charge in [-0.1, -0.05) is 19.9 Å². The van der Waals surface area contributed by atoms with Crippen molar-refractivity contribution in [2.75, 3.05) is 13.1 Å². The van der Waals surface area contributed by atoms with E-state index in [2.05, 4.69) is 0 Å². The summed E-state index contributed by atoms with van der Waals surface area (Å²) in [6.45, 7) is 4.58. The van der Waals surface area contributed by atoms with Gasteiger partial charge in [0.1, 0.15) is 0 Å². The lowest BCUT2D eigenvalue weighted by Gasteiger charge is -2.24. The maximum absolute atomic E-state index is 11.3. The van der Waals surface area contributed by atoms with Gasteiger partial charge in [0.2, 0.25) is 0 Å². The molecular formula is C15H20N2O5. The number of nitro groups is 1. The highest BCUT2D eigenvalue weighted by Crippen LogP contribution is 2.39. The van der Waals surface area contributed by atoms with E-state index in [1.165, 1.54) is 11.0 Å². The van der Waals surface area contributed by atoms with Crippen LogP contribution in [0.1, 0.15) is 37.3 Å². The topological polar surface area (TPSA) is 104 Å². The molecule has 1 aliphatic heterocycles. The molecule has 22 heavy (non-hydrogen) atoms. The number of rotatable bonds is 3. The van der Waals surface area contributed by atoms with Crippen LogP contribution in [0.5, 0.6) is 5.75 Å². The van der Waals surface area contributed by atoms with Crippen LogP contribution in [0, 0.1) is 16.0 Å². The van der Waals surface area contributed by atoms with E-state index in [0.29, 0.717) is 18.0 Å². The molecule has 0 radical (unpaired) electrons. The highest BCUT2D eigenvalue weighted by Gasteiger charge is 2.32. The maximum atomic E-state index is 11.3. The Balaban J connectivity index is 2.53. The molecule has 1 heterocycles. The molecule has 0 saturated carbocycles. The summed E-state index contributed by atoms with van der Waals surface area (Å²) >= 11 is 0. The summed E-state index contributed by atoms with van der Waals surface area (Å²) in [5, 5.41) is 30.3. The van der Waals surface area contributed by atoms with E-state index in [-0.39, 0.29) is 30.3 Å². The summed E-state index contributed by atoms with van der Waals surface area (Å²) in [4.78, 5) is 23.3. The van der Waals surface area contributed by atoms with Crippen molar-refractivity contribution in [2.45, 2.75) is 32.6 Å². The van der Waals surface area contributed by atoms with Crippen molar-refractivity contribution in [3.05, 3.63) is 33.4 Å². The van der Waals surface area contributed by atoms with E-state index in [1.807, 2.05) is 13.8 Å². The second-order valence-electron chi connectivity index (χ2n) is 6.06. The second-order valence-corrected chi connectivity index (χ2v) is 6.06. The van der Waals surface area contributed by atoms with Gasteiger partial charge in [-0.15, -0.1) is 0 Å². The van der Waals surface area contributed by atoms with Gasteiger partial charge in [0, 0.05) is 24.6 Å². The first-order chi connectivity index (χ1) is 10.3. The molecule has 0 saturated heterocycles. The van der Waals surface area contributed by atoms with Gasteiger partial charge in [-0.05, 0) is 30.4 Å². The lowest BCUT2D eigenvalue weighted by atomic mass is 9.86. The number of aromatic hydroxyl groups is 1. The summed E-state index contributed by atoms with van der Waals surface area (Å²) in [7, 11) is 0. The number of nitrogens with zero attached hydrogens (tertiary/aromatic N) is 2. The van der Waals surface area contributed by atoms with Gasteiger partial charge in [-0.2, -0.15) is 0 Å². The Morgan fingerprint density at radius 2 is 2.18 bits per heavy atom. The normalized spacial score (nSPS) is 18.0. The number of hydrogen-bond donors (Lipinski definition) is 2. The Morgan fingerprint density at radius 3 is 2.73 bits per heavy atom. The molecule has 0 bridgehead atoms. The Kier molecular flexibility index (Phi) is 4.54. The molecule has 1 atom stereocenters. The number of benzene rings is 1. The number of hydrogen-bond acceptors (Lipinski definition) is 4. The van der Waals surface area contributed by atoms with Crippen molar-refractivity contribution in [1.82, 2.24) is 4.90 Å². The van der Waals surface area contributed by atoms with Crippen molar-refractivity contribution >= 4 is 11.8 Å². The van der Waals surface area contributed by atoms with E-state index in [4.69, 9.17) is 0 Å². The summed E-state index contributed by atoms with van der Waals surface area (Å²) in [6.07, 6.45) is -0.0481. The van der Waals surface area contributed by atoms with Crippen LogP contribution < -0.4 is 0 Å². The molecule has 0 aliphatic carbocycles. The predicted octanol–water partition coefficient (Wildman–Crippen LogP) is 2.97. The highest BCUT2D eigenvalue weighted by atomic mass is 16.6. The highest BCUT2D eigenvalue weighted by molar-refractivity contribution is 5.66. The van der Waals surface area contributed by atoms with Gasteiger partial charge in [0.15, 0.2) is 5.75 Å². The average molecular weight is 308 g/mol. The molecule has 1 unspecified atom stereocenters. The molecule has 2 rings (SSSR count). The first kappa shape index (κ1) is 16.1. The smallest absolute Gasteiger partial charge is 0.407 e. The second kappa shape index (κ2) is 6.21. The van der Waals surface area contributed by atoms with Crippen LogP contribution in [0.4, 0.5) is 10.5 Å². The lowest BCUT2D eigenvalue weighted by Crippen LogP contribution is -2.33. The predicted molar refractivity (Wildman–Crippen MR) is 80.3 cm³/mol. The number of carbonyl (C=O) groups is 1. The van der Waals surface area contributed by atoms with Gasteiger partial charge in [0.25, 0.3) is 0 Å². The monoisotopic (exact) mass is 308 g/mol. The number of amides is 1. The first-order valence-corrected chi connectivity index (χ1v) is 7.28. The average Bonchev–Trinajstić information content (AvgIpc) is 2.57. The third-order valence-corrected chi connectivity index (χ3v) is 4.02. The van der Waals surface area contributed by atoms with E-state index in [9.17, 15) is 25.1 Å². The molecule has 2 N–H and O–H groups in total. The van der Waals surface area contributed by atoms with Crippen LogP contribution in [0.2, 0.25) is 0 Å². The van der Waals surface area contributed by atoms with E-state index in [1.54, 1.807) is 6.07 Å². The van der Waals surface area contributed by atoms with Gasteiger partial charge in [-0.25, -0.2) is 4.79 Å². The minimum atomic E-state index is -1.02. The van der Waals surface area contributed by atoms with Crippen molar-refractivity contribution in [3.8, 4) is 5.75 Å². The third-order valence-electron chi connectivity index (χ3n) is 4.02. The maximum Gasteiger partial charge on any atom is 0.407 e. The number of phenolic OH excluding ortho intramolecular Hbond substituents is 1. The lowest BCUT2D eigenvalue weighted by molar-refractivity contribution is -0.386. The minimum Gasteiger partial charge on any atom is -0.502 e. The van der Waals surface area contributed by atoms with Crippen molar-refractivity contribution < 1.29 is 19.9 Å². The van der Waals surface area contributed by atoms with Gasteiger partial charge in [0.05, 0.1) is 4.92 Å². The fourth-order valence-electron chi connectivity index (χ4n) is 3.14. The summed E-state index contributed by atoms with van der Waals surface area (Å²) in [5.74, 6) is -0.136. The van der Waals surface area contributed by atoms with Crippen LogP contribution in [-0.4, -0.2) is 39.2 Å². The van der Waals surface area contributed by atoms with Crippen LogP contribution in [0.3, 0.4) is 0 Å². The van der Waals surface area contributed by atoms with Crippen molar-refractivity contribution in [3.63, 3.8) is 0 Å². The van der Waals surface area contributed by atoms with E-state index < -0.39 is 11.0 Å². The van der Waals surface area contributed by atoms with Crippen LogP contribution in [-0.2, 0) is 6.42 Å². The van der Waals surface area contributed by atoms with Gasteiger partial charge in [-0.3, -0.25) is 10.1 Å². The standard InChI is InChI=1S/C15H20N2O5/c1-9(2)7-10-8-16(15(19)20)6-5-12-11(10)3-4-13(18)14(12)17(21)22/h3-4,9-10,18H,5-8H2,1-2H3,(H,19,20). The Morgan fingerprint density at radius 1 is 1.50 bits per heavy atom. The number of carboxylic acid groups (broad SMARTS) is 1. The van der Waals surface area contributed by atoms with Crippen LogP contribution in [0.25, 0.3) is 0 Å². The molecule has 1 aliphatic rings. The van der Waals surface area contributed by atoms with Crippen molar-refractivity contribution in [2.24, 2.45) is 5.92 Å². The molecule has 120 valence electrons. The summed E-state index contributed by atoms with van der Waals surface area (Å²) in [6, 6.07) is 3.02. The van der Waals surface area contributed by atoms with Gasteiger partial charge < -0.3 is 15.1 Å². The zero-order chi connectivity index (χ0) is 16.4. The fraction of sp³-hybridized carbons (Fsp3) is 0.533. The Bertz CT molecular complexity index is 600. The fourth-order valence-corrected chi connectivity index (χ4v) is 3.14. The van der Waals surface area contributed by atoms with E-state index in [0.717, 1.165) is 12.0 Å². The van der Waals surface area contributed by atoms with Crippen molar-refractivity contribution in [1.29, 1.82) is 0 Å². The minimum absolute atomic E-state index is 0.104. The molecule has 1 aromatic carbocycles. The quantitative estimate of drug-likeness (QED) is 0.660. The molecule has 7 nitrogen and oxygen atoms in total. The molecular weight excluding hydrogens is 288 g/mol.